The zero-order valence-corrected chi connectivity index (χ0v) is 28.4. The molecule has 12 nitrogen and oxygen atoms in total. The molecule has 4 atom stereocenters. The first-order valence-corrected chi connectivity index (χ1v) is 16.5. The second-order valence-corrected chi connectivity index (χ2v) is 11.2. The summed E-state index contributed by atoms with van der Waals surface area (Å²) in [7, 11) is 2.32. The first-order valence-electron chi connectivity index (χ1n) is 18.6. The quantitative estimate of drug-likeness (QED) is 0.0451. The Kier molecular flexibility index (Phi) is 20.5. The number of carbonyl (C=O) groups excluding carboxylic acids is 5. The molecule has 0 aliphatic carbocycles. The largest absolute Gasteiger partial charge is 0.468 e. The number of methoxy groups -OCH3 is 2. The number of thioether (sulfide) groups is 1. The van der Waals surface area contributed by atoms with Gasteiger partial charge < -0.3 is 35.7 Å². The zero-order valence-electron chi connectivity index (χ0n) is 33.5. The molecule has 266 valence electrons. The van der Waals surface area contributed by atoms with E-state index < -0.39 is 73.0 Å². The summed E-state index contributed by atoms with van der Waals surface area (Å²) in [5.41, 5.74) is 5.71. The number of hydrogen-bond acceptors (Lipinski definition) is 11. The molecule has 5 N–H and O–H groups in total. The number of esters is 3. The van der Waals surface area contributed by atoms with E-state index in [1.54, 1.807) is 43.4 Å². The maximum absolute atomic E-state index is 13.0. The van der Waals surface area contributed by atoms with Crippen molar-refractivity contribution < 1.29 is 51.5 Å². The van der Waals surface area contributed by atoms with E-state index in [1.165, 1.54) is 7.11 Å². The molecule has 0 unspecified atom stereocenters. The summed E-state index contributed by atoms with van der Waals surface area (Å²) in [5.74, 6) is -3.12. The Hall–Kier alpha value is -3.42. The second-order valence-electron chi connectivity index (χ2n) is 9.96. The van der Waals surface area contributed by atoms with Crippen LogP contribution in [0.2, 0.25) is 0 Å². The number of aliphatic hydroxyl groups excluding tert-OH is 1. The number of ether oxygens (including phenoxy) is 3. The van der Waals surface area contributed by atoms with Gasteiger partial charge in [0.2, 0.25) is 11.8 Å². The van der Waals surface area contributed by atoms with Crippen LogP contribution in [0.4, 0.5) is 0 Å². The van der Waals surface area contributed by atoms with Gasteiger partial charge in [-0.2, -0.15) is 0 Å². The van der Waals surface area contributed by atoms with Crippen molar-refractivity contribution in [1.82, 2.24) is 10.6 Å². The Morgan fingerprint density at radius 3 is 2.47 bits per heavy atom. The van der Waals surface area contributed by atoms with Crippen LogP contribution in [0, 0.1) is 0 Å². The predicted octanol–water partition coefficient (Wildman–Crippen LogP) is 3.43. The SMILES string of the molecule is [3H]/C(C\C=C/C=C/C=C/[C@@H](SC[C@H](NC(=O)CC[C@H](N)C(=O)OC)C(=O)NCC(=O)OC)[C@@H](O)CCCC(=O)OCC)=C(\[3H])CCCC([3H])([3H])C([3H])[3H]. The third kappa shape index (κ3) is 23.5. The lowest BCUT2D eigenvalue weighted by atomic mass is 10.1. The topological polar surface area (TPSA) is 183 Å². The van der Waals surface area contributed by atoms with Gasteiger partial charge in [0.05, 0.1) is 29.7 Å². The Balaban J connectivity index is 5.70. The van der Waals surface area contributed by atoms with Gasteiger partial charge >= 0.3 is 17.9 Å². The molecule has 0 saturated heterocycles. The van der Waals surface area contributed by atoms with Gasteiger partial charge in [0, 0.05) is 29.3 Å². The number of nitrogens with two attached hydrogens (primary N) is 1. The van der Waals surface area contributed by atoms with E-state index in [1.807, 2.05) is 0 Å². The smallest absolute Gasteiger partial charge is 0.325 e. The first-order chi connectivity index (χ1) is 25.0. The fraction of sp³-hybridized carbons (Fsp3) is 0.618. The van der Waals surface area contributed by atoms with Crippen LogP contribution in [0.25, 0.3) is 0 Å². The molecular formula is C34H55N3O9S. The van der Waals surface area contributed by atoms with E-state index in [0.29, 0.717) is 6.42 Å². The summed E-state index contributed by atoms with van der Waals surface area (Å²) < 4.78 is 60.0. The van der Waals surface area contributed by atoms with Crippen molar-refractivity contribution >= 4 is 41.5 Å². The maximum Gasteiger partial charge on any atom is 0.325 e. The molecule has 2 amide bonds. The van der Waals surface area contributed by atoms with Crippen molar-refractivity contribution in [3.8, 4) is 0 Å². The number of rotatable bonds is 26. The Bertz CT molecular complexity index is 1280. The average molecular weight is 694 g/mol. The molecule has 0 aromatic heterocycles. The van der Waals surface area contributed by atoms with E-state index in [2.05, 4.69) is 20.1 Å². The molecule has 0 heterocycles. The van der Waals surface area contributed by atoms with Crippen LogP contribution in [-0.4, -0.2) is 91.4 Å². The number of aliphatic hydroxyl groups is 1. The Morgan fingerprint density at radius 2 is 1.77 bits per heavy atom. The van der Waals surface area contributed by atoms with Gasteiger partial charge in [0.15, 0.2) is 0 Å². The van der Waals surface area contributed by atoms with E-state index in [4.69, 9.17) is 18.7 Å². The summed E-state index contributed by atoms with van der Waals surface area (Å²) in [6, 6.07) is -2.09. The lowest BCUT2D eigenvalue weighted by molar-refractivity contribution is -0.144. The van der Waals surface area contributed by atoms with Crippen LogP contribution >= 0.6 is 11.8 Å². The molecule has 0 fully saturated rings. The van der Waals surface area contributed by atoms with E-state index >= 15 is 0 Å². The highest BCUT2D eigenvalue weighted by Crippen LogP contribution is 2.22. The molecule has 0 aromatic rings. The first kappa shape index (κ1) is 33.5. The molecule has 0 bridgehead atoms. The molecule has 0 radical (unpaired) electrons. The highest BCUT2D eigenvalue weighted by molar-refractivity contribution is 8.00. The summed E-state index contributed by atoms with van der Waals surface area (Å²) in [6.07, 6.45) is 7.98. The number of nitrogens with one attached hydrogen (secondary N) is 2. The summed E-state index contributed by atoms with van der Waals surface area (Å²) in [6.45, 7) is -0.153. The Morgan fingerprint density at radius 1 is 1.00 bits per heavy atom. The average Bonchev–Trinajstić information content (AvgIpc) is 3.11. The van der Waals surface area contributed by atoms with Gasteiger partial charge in [-0.1, -0.05) is 68.2 Å². The van der Waals surface area contributed by atoms with Crippen molar-refractivity contribution in [2.45, 2.75) is 101 Å². The number of amides is 2. The van der Waals surface area contributed by atoms with Crippen molar-refractivity contribution in [1.29, 1.82) is 0 Å². The minimum absolute atomic E-state index is 0.0409. The highest BCUT2D eigenvalue weighted by atomic mass is 32.2. The second kappa shape index (κ2) is 28.8. The molecule has 0 saturated carbocycles. The molecule has 13 heteroatoms. The minimum atomic E-state index is -1.97. The lowest BCUT2D eigenvalue weighted by Crippen LogP contribution is -2.50. The molecule has 0 rings (SSSR count). The fourth-order valence-electron chi connectivity index (χ4n) is 3.66. The van der Waals surface area contributed by atoms with Gasteiger partial charge in [-0.05, 0) is 45.4 Å². The van der Waals surface area contributed by atoms with Crippen molar-refractivity contribution in [3.63, 3.8) is 0 Å². The van der Waals surface area contributed by atoms with Crippen LogP contribution in [0.15, 0.2) is 48.6 Å². The van der Waals surface area contributed by atoms with E-state index in [-0.39, 0.29) is 75.8 Å². The van der Waals surface area contributed by atoms with Gasteiger partial charge in [0.25, 0.3) is 0 Å². The molecular weight excluding hydrogens is 626 g/mol. The monoisotopic (exact) mass is 693 g/mol. The van der Waals surface area contributed by atoms with E-state index in [0.717, 1.165) is 18.9 Å². The Labute approximate surface area is 292 Å². The third-order valence-corrected chi connectivity index (χ3v) is 7.61. The minimum Gasteiger partial charge on any atom is -0.468 e. The summed E-state index contributed by atoms with van der Waals surface area (Å²) in [5, 5.41) is 15.4. The van der Waals surface area contributed by atoms with Gasteiger partial charge in [-0.25, -0.2) is 0 Å². The maximum atomic E-state index is 13.0. The standard InChI is InChI=1S/C34H55N3O9S/c1-5-7-8-9-10-11-12-13-14-15-16-17-20-29(28(38)19-18-21-31(40)46-6-2)47-25-27(33(42)36-24-32(41)44-3)37-30(39)23-22-26(35)34(43)45-4/h10-11,13-17,20,26-29,38H,5-9,12,18-19,21-25,35H2,1-4H3,(H,36,42)(H,37,39)/b11-10-,14-13-,16-15+,20-17+/t26-,27-,28-,29+/m0/s1/i1T2,5T2,10T,11T. The van der Waals surface area contributed by atoms with Gasteiger partial charge in [-0.15, -0.1) is 11.8 Å². The fourth-order valence-corrected chi connectivity index (χ4v) is 4.87. The third-order valence-electron chi connectivity index (χ3n) is 6.23. The number of hydrogen-bond donors (Lipinski definition) is 4. The van der Waals surface area contributed by atoms with Crippen LogP contribution in [0.3, 0.4) is 0 Å². The van der Waals surface area contributed by atoms with Gasteiger partial charge in [-0.3, -0.25) is 24.0 Å². The summed E-state index contributed by atoms with van der Waals surface area (Å²) >= 11 is 1.14. The van der Waals surface area contributed by atoms with Crippen LogP contribution in [0.5, 0.6) is 0 Å². The predicted molar refractivity (Wildman–Crippen MR) is 184 cm³/mol. The van der Waals surface area contributed by atoms with Gasteiger partial charge in [0.1, 0.15) is 18.6 Å². The lowest BCUT2D eigenvalue weighted by Gasteiger charge is -2.23. The molecule has 0 aromatic carbocycles. The molecule has 47 heavy (non-hydrogen) atoms. The van der Waals surface area contributed by atoms with Crippen LogP contribution < -0.4 is 16.4 Å². The number of allylic oxidation sites excluding steroid dienone is 7. The van der Waals surface area contributed by atoms with Crippen LogP contribution in [0.1, 0.15) is 86.2 Å². The zero-order chi connectivity index (χ0) is 40.4. The van der Waals surface area contributed by atoms with Crippen molar-refractivity contribution in [2.24, 2.45) is 5.73 Å². The molecule has 0 spiro atoms. The van der Waals surface area contributed by atoms with E-state index in [9.17, 15) is 29.1 Å². The highest BCUT2D eigenvalue weighted by Gasteiger charge is 2.26. The molecule has 0 aliphatic rings. The van der Waals surface area contributed by atoms with Crippen molar-refractivity contribution in [2.75, 3.05) is 33.1 Å². The van der Waals surface area contributed by atoms with Crippen molar-refractivity contribution in [3.05, 3.63) is 48.6 Å². The molecule has 0 aliphatic heterocycles. The normalized spacial score (nSPS) is 16.9. The van der Waals surface area contributed by atoms with Crippen LogP contribution in [-0.2, 0) is 38.2 Å². The summed E-state index contributed by atoms with van der Waals surface area (Å²) in [4.78, 5) is 60.8. The number of carbonyl (C=O) groups is 5.